The fourth-order valence-electron chi connectivity index (χ4n) is 1.22. The molecule has 0 fully saturated rings. The Morgan fingerprint density at radius 2 is 1.37 bits per heavy atom. The maximum absolute atomic E-state index is 10.6. The predicted molar refractivity (Wildman–Crippen MR) is 78.3 cm³/mol. The highest BCUT2D eigenvalue weighted by molar-refractivity contribution is 5.85. The normalized spacial score (nSPS) is 9.84. The largest absolute Gasteiger partial charge is 0.480 e. The van der Waals surface area contributed by atoms with Crippen LogP contribution >= 0.6 is 24.8 Å². The minimum absolute atomic E-state index is 0. The first-order valence-electron chi connectivity index (χ1n) is 5.70. The van der Waals surface area contributed by atoms with Crippen molar-refractivity contribution in [3.8, 4) is 0 Å². The van der Waals surface area contributed by atoms with Crippen LogP contribution in [0.3, 0.4) is 0 Å². The molecule has 0 aromatic carbocycles. The topological polar surface area (TPSA) is 111 Å². The highest BCUT2D eigenvalue weighted by Gasteiger charge is 2.09. The zero-order valence-corrected chi connectivity index (χ0v) is 12.6. The summed E-state index contributed by atoms with van der Waals surface area (Å²) in [5.41, 5.74) is 10.6. The Hall–Kier alpha value is -0.150. The van der Waals surface area contributed by atoms with Gasteiger partial charge >= 0.3 is 5.97 Å². The third-order valence-electron chi connectivity index (χ3n) is 1.99. The van der Waals surface area contributed by atoms with E-state index in [2.05, 4.69) is 0 Å². The molecule has 0 aromatic rings. The number of halogens is 2. The third-order valence-corrected chi connectivity index (χ3v) is 1.99. The molecule has 0 aliphatic heterocycles. The Morgan fingerprint density at radius 1 is 0.947 bits per heavy atom. The molecule has 118 valence electrons. The molecule has 5 N–H and O–H groups in total. The van der Waals surface area contributed by atoms with Gasteiger partial charge in [-0.25, -0.2) is 0 Å². The van der Waals surface area contributed by atoms with Crippen molar-refractivity contribution in [3.63, 3.8) is 0 Å². The molecule has 9 heteroatoms. The molecular formula is C10H25Cl2N3O4. The number of rotatable bonds is 12. The monoisotopic (exact) mass is 321 g/mol. The summed E-state index contributed by atoms with van der Waals surface area (Å²) in [5.74, 6) is -0.859. The maximum Gasteiger partial charge on any atom is 0.317 e. The van der Waals surface area contributed by atoms with Crippen molar-refractivity contribution in [3.05, 3.63) is 0 Å². The van der Waals surface area contributed by atoms with Crippen molar-refractivity contribution in [2.75, 3.05) is 59.2 Å². The highest BCUT2D eigenvalue weighted by Crippen LogP contribution is 1.90. The minimum Gasteiger partial charge on any atom is -0.480 e. The van der Waals surface area contributed by atoms with Gasteiger partial charge in [0, 0.05) is 26.2 Å². The van der Waals surface area contributed by atoms with Crippen molar-refractivity contribution in [2.45, 2.75) is 0 Å². The van der Waals surface area contributed by atoms with E-state index in [4.69, 9.17) is 26.0 Å². The van der Waals surface area contributed by atoms with Gasteiger partial charge in [0.15, 0.2) is 0 Å². The summed E-state index contributed by atoms with van der Waals surface area (Å²) >= 11 is 0. The Balaban J connectivity index is -0.00000128. The molecule has 19 heavy (non-hydrogen) atoms. The second kappa shape index (κ2) is 17.8. The van der Waals surface area contributed by atoms with E-state index in [-0.39, 0.29) is 31.4 Å². The van der Waals surface area contributed by atoms with Crippen LogP contribution in [0, 0.1) is 0 Å². The number of ether oxygens (including phenoxy) is 2. The van der Waals surface area contributed by atoms with E-state index >= 15 is 0 Å². The van der Waals surface area contributed by atoms with Gasteiger partial charge in [0.2, 0.25) is 0 Å². The van der Waals surface area contributed by atoms with Gasteiger partial charge < -0.3 is 26.0 Å². The minimum atomic E-state index is -0.859. The van der Waals surface area contributed by atoms with Crippen LogP contribution in [0.15, 0.2) is 0 Å². The van der Waals surface area contributed by atoms with Crippen molar-refractivity contribution < 1.29 is 19.4 Å². The van der Waals surface area contributed by atoms with Crippen LogP contribution in [-0.2, 0) is 14.3 Å². The molecular weight excluding hydrogens is 297 g/mol. The number of nitrogens with zero attached hydrogens (tertiary/aromatic N) is 1. The van der Waals surface area contributed by atoms with Crippen LogP contribution in [-0.4, -0.2) is 75.1 Å². The number of carboxylic acids is 1. The van der Waals surface area contributed by atoms with Crippen molar-refractivity contribution >= 4 is 30.8 Å². The Labute approximate surface area is 126 Å². The molecule has 0 unspecified atom stereocenters. The molecule has 0 saturated heterocycles. The van der Waals surface area contributed by atoms with Crippen LogP contribution in [0.5, 0.6) is 0 Å². The van der Waals surface area contributed by atoms with Gasteiger partial charge in [0.05, 0.1) is 33.0 Å². The van der Waals surface area contributed by atoms with E-state index in [0.29, 0.717) is 52.6 Å². The fraction of sp³-hybridized carbons (Fsp3) is 0.900. The zero-order valence-electron chi connectivity index (χ0n) is 11.0. The Morgan fingerprint density at radius 3 is 1.68 bits per heavy atom. The van der Waals surface area contributed by atoms with Gasteiger partial charge in [-0.15, -0.1) is 24.8 Å². The second-order valence-electron chi connectivity index (χ2n) is 3.47. The van der Waals surface area contributed by atoms with Gasteiger partial charge in [-0.1, -0.05) is 0 Å². The van der Waals surface area contributed by atoms with Crippen LogP contribution in [0.25, 0.3) is 0 Å². The molecule has 0 saturated carbocycles. The van der Waals surface area contributed by atoms with Gasteiger partial charge in [-0.3, -0.25) is 9.69 Å². The lowest BCUT2D eigenvalue weighted by Crippen LogP contribution is -2.36. The number of nitrogens with two attached hydrogens (primary N) is 2. The van der Waals surface area contributed by atoms with E-state index in [1.807, 2.05) is 0 Å². The highest BCUT2D eigenvalue weighted by atomic mass is 35.5. The smallest absolute Gasteiger partial charge is 0.317 e. The lowest BCUT2D eigenvalue weighted by Gasteiger charge is -2.19. The number of carboxylic acid groups (broad SMARTS) is 1. The van der Waals surface area contributed by atoms with Crippen molar-refractivity contribution in [1.82, 2.24) is 4.90 Å². The molecule has 0 aliphatic carbocycles. The quantitative estimate of drug-likeness (QED) is 0.402. The van der Waals surface area contributed by atoms with E-state index in [0.717, 1.165) is 0 Å². The van der Waals surface area contributed by atoms with Crippen LogP contribution in [0.4, 0.5) is 0 Å². The molecule has 0 heterocycles. The van der Waals surface area contributed by atoms with E-state index in [1.54, 1.807) is 4.90 Å². The van der Waals surface area contributed by atoms with Crippen LogP contribution in [0.1, 0.15) is 0 Å². The van der Waals surface area contributed by atoms with E-state index in [9.17, 15) is 4.79 Å². The molecule has 0 aromatic heterocycles. The number of carbonyl (C=O) groups is 1. The SMILES string of the molecule is Cl.Cl.NCCOCCN(CCOCCN)CC(=O)O. The van der Waals surface area contributed by atoms with Gasteiger partial charge in [0.1, 0.15) is 0 Å². The summed E-state index contributed by atoms with van der Waals surface area (Å²) in [4.78, 5) is 12.4. The first-order valence-corrected chi connectivity index (χ1v) is 5.70. The second-order valence-corrected chi connectivity index (χ2v) is 3.47. The summed E-state index contributed by atoms with van der Waals surface area (Å²) in [6, 6.07) is 0. The number of hydrogen-bond acceptors (Lipinski definition) is 6. The van der Waals surface area contributed by atoms with Gasteiger partial charge in [0.25, 0.3) is 0 Å². The standard InChI is InChI=1S/C10H23N3O4.2ClH/c11-1-5-16-7-3-13(9-10(14)15)4-8-17-6-2-12;;/h1-9,11-12H2,(H,14,15);2*1H. The summed E-state index contributed by atoms with van der Waals surface area (Å²) in [6.07, 6.45) is 0. The lowest BCUT2D eigenvalue weighted by molar-refractivity contribution is -0.138. The molecule has 7 nitrogen and oxygen atoms in total. The van der Waals surface area contributed by atoms with Crippen LogP contribution in [0.2, 0.25) is 0 Å². The molecule has 0 radical (unpaired) electrons. The van der Waals surface area contributed by atoms with Gasteiger partial charge in [-0.05, 0) is 0 Å². The average Bonchev–Trinajstić information content (AvgIpc) is 2.29. The first-order chi connectivity index (χ1) is 8.20. The molecule has 0 bridgehead atoms. The van der Waals surface area contributed by atoms with Crippen molar-refractivity contribution in [2.24, 2.45) is 11.5 Å². The molecule has 0 rings (SSSR count). The number of hydrogen-bond donors (Lipinski definition) is 3. The van der Waals surface area contributed by atoms with E-state index in [1.165, 1.54) is 0 Å². The Kier molecular flexibility index (Phi) is 22.5. The average molecular weight is 322 g/mol. The summed E-state index contributed by atoms with van der Waals surface area (Å²) in [5, 5.41) is 8.73. The maximum atomic E-state index is 10.6. The summed E-state index contributed by atoms with van der Waals surface area (Å²) < 4.78 is 10.4. The molecule has 0 aliphatic rings. The molecule has 0 atom stereocenters. The first kappa shape index (κ1) is 23.9. The lowest BCUT2D eigenvalue weighted by atomic mass is 10.4. The van der Waals surface area contributed by atoms with Crippen LogP contribution < -0.4 is 11.5 Å². The molecule has 0 spiro atoms. The fourth-order valence-corrected chi connectivity index (χ4v) is 1.22. The molecule has 0 amide bonds. The third kappa shape index (κ3) is 17.9. The van der Waals surface area contributed by atoms with Gasteiger partial charge in [-0.2, -0.15) is 0 Å². The van der Waals surface area contributed by atoms with E-state index < -0.39 is 5.97 Å². The number of aliphatic carboxylic acids is 1. The summed E-state index contributed by atoms with van der Waals surface area (Å²) in [6.45, 7) is 3.96. The zero-order chi connectivity index (χ0) is 12.9. The summed E-state index contributed by atoms with van der Waals surface area (Å²) in [7, 11) is 0. The Bertz CT molecular complexity index is 190. The predicted octanol–water partition coefficient (Wildman–Crippen LogP) is -0.833. The van der Waals surface area contributed by atoms with Crippen molar-refractivity contribution in [1.29, 1.82) is 0 Å².